The molecule has 0 spiro atoms. The third kappa shape index (κ3) is 2.01. The first-order valence-electron chi connectivity index (χ1n) is 5.41. The number of methoxy groups -OCH3 is 1. The molecule has 0 unspecified atom stereocenters. The van der Waals surface area contributed by atoms with E-state index in [0.29, 0.717) is 6.61 Å². The van der Waals surface area contributed by atoms with Crippen LogP contribution < -0.4 is 0 Å². The molecule has 1 saturated carbocycles. The number of carbonyl (C=O) groups is 1. The fourth-order valence-electron chi connectivity index (χ4n) is 2.17. The van der Waals surface area contributed by atoms with Crippen molar-refractivity contribution in [1.82, 2.24) is 0 Å². The molecule has 0 radical (unpaired) electrons. The first kappa shape index (κ1) is 11.3. The van der Waals surface area contributed by atoms with E-state index in [-0.39, 0.29) is 18.1 Å². The van der Waals surface area contributed by atoms with Crippen molar-refractivity contribution in [2.45, 2.75) is 11.8 Å². The van der Waals surface area contributed by atoms with Crippen LogP contribution in [0.4, 0.5) is 0 Å². The summed E-state index contributed by atoms with van der Waals surface area (Å²) < 4.78 is 10.3. The van der Waals surface area contributed by atoms with Crippen LogP contribution in [0.25, 0.3) is 0 Å². The van der Waals surface area contributed by atoms with Gasteiger partial charge in [0.15, 0.2) is 0 Å². The number of ether oxygens (including phenoxy) is 2. The van der Waals surface area contributed by atoms with E-state index in [9.17, 15) is 4.79 Å². The molecule has 0 N–H and O–H groups in total. The van der Waals surface area contributed by atoms with E-state index in [2.05, 4.69) is 12.1 Å². The lowest BCUT2D eigenvalue weighted by atomic mass is 9.94. The van der Waals surface area contributed by atoms with E-state index >= 15 is 0 Å². The quantitative estimate of drug-likeness (QED) is 0.416. The molecule has 3 heteroatoms. The highest BCUT2D eigenvalue weighted by molar-refractivity contribution is 5.64. The summed E-state index contributed by atoms with van der Waals surface area (Å²) in [5.74, 6) is 0.0896. The van der Waals surface area contributed by atoms with E-state index in [1.807, 2.05) is 18.2 Å². The van der Waals surface area contributed by atoms with Crippen LogP contribution in [0.5, 0.6) is 0 Å². The van der Waals surface area contributed by atoms with Gasteiger partial charge in [-0.1, -0.05) is 30.3 Å². The lowest BCUT2D eigenvalue weighted by molar-refractivity contribution is -0.109. The largest absolute Gasteiger partial charge is 0.359 e. The molecule has 1 aliphatic rings. The Hall–Kier alpha value is -1.19. The van der Waals surface area contributed by atoms with Gasteiger partial charge in [-0.05, 0) is 12.0 Å². The molecular weight excluding hydrogens is 204 g/mol. The molecule has 1 aromatic rings. The second-order valence-corrected chi connectivity index (χ2v) is 4.22. The number of carbonyl (C=O) groups excluding carboxylic acids is 1. The first-order chi connectivity index (χ1) is 7.83. The maximum absolute atomic E-state index is 10.9. The van der Waals surface area contributed by atoms with Gasteiger partial charge < -0.3 is 14.3 Å². The average molecular weight is 220 g/mol. The van der Waals surface area contributed by atoms with Gasteiger partial charge in [0.1, 0.15) is 13.1 Å². The SMILES string of the molecule is COCOC[C@]1(c2ccccc2)C[C@@H]1C=O. The summed E-state index contributed by atoms with van der Waals surface area (Å²) in [6.45, 7) is 0.828. The second-order valence-electron chi connectivity index (χ2n) is 4.22. The van der Waals surface area contributed by atoms with Gasteiger partial charge in [0.05, 0.1) is 6.61 Å². The number of hydrogen-bond acceptors (Lipinski definition) is 3. The smallest absolute Gasteiger partial charge is 0.146 e. The highest BCUT2D eigenvalue weighted by atomic mass is 16.7. The topological polar surface area (TPSA) is 35.5 Å². The van der Waals surface area contributed by atoms with Crippen molar-refractivity contribution >= 4 is 6.29 Å². The van der Waals surface area contributed by atoms with Gasteiger partial charge in [0, 0.05) is 18.4 Å². The first-order valence-corrected chi connectivity index (χ1v) is 5.41. The zero-order chi connectivity index (χ0) is 11.4. The zero-order valence-corrected chi connectivity index (χ0v) is 9.39. The summed E-state index contributed by atoms with van der Waals surface area (Å²) in [7, 11) is 1.60. The van der Waals surface area contributed by atoms with Crippen molar-refractivity contribution in [3.05, 3.63) is 35.9 Å². The molecule has 3 nitrogen and oxygen atoms in total. The van der Waals surface area contributed by atoms with Crippen LogP contribution in [0.15, 0.2) is 30.3 Å². The highest BCUT2D eigenvalue weighted by Crippen LogP contribution is 2.53. The van der Waals surface area contributed by atoms with Crippen LogP contribution >= 0.6 is 0 Å². The van der Waals surface area contributed by atoms with Gasteiger partial charge >= 0.3 is 0 Å². The molecule has 0 saturated heterocycles. The summed E-state index contributed by atoms with van der Waals surface area (Å²) in [4.78, 5) is 10.9. The van der Waals surface area contributed by atoms with Crippen molar-refractivity contribution in [2.75, 3.05) is 20.5 Å². The van der Waals surface area contributed by atoms with E-state index in [0.717, 1.165) is 12.7 Å². The number of benzene rings is 1. The van der Waals surface area contributed by atoms with Crippen LogP contribution in [-0.2, 0) is 19.7 Å². The lowest BCUT2D eigenvalue weighted by Crippen LogP contribution is -2.19. The molecule has 0 bridgehead atoms. The summed E-state index contributed by atoms with van der Waals surface area (Å²) in [6.07, 6.45) is 1.91. The fourth-order valence-corrected chi connectivity index (χ4v) is 2.17. The van der Waals surface area contributed by atoms with E-state index in [4.69, 9.17) is 9.47 Å². The molecule has 1 aliphatic carbocycles. The minimum atomic E-state index is -0.110. The zero-order valence-electron chi connectivity index (χ0n) is 9.39. The Bertz CT molecular complexity index is 349. The molecular formula is C13H16O3. The average Bonchev–Trinajstić information content (AvgIpc) is 3.06. The summed E-state index contributed by atoms with van der Waals surface area (Å²) in [5.41, 5.74) is 1.07. The maximum atomic E-state index is 10.9. The minimum Gasteiger partial charge on any atom is -0.359 e. The molecule has 2 atom stereocenters. The molecule has 0 heterocycles. The Morgan fingerprint density at radius 2 is 2.19 bits per heavy atom. The normalized spacial score (nSPS) is 27.7. The third-order valence-corrected chi connectivity index (χ3v) is 3.21. The summed E-state index contributed by atoms with van der Waals surface area (Å²) in [6, 6.07) is 10.1. The predicted molar refractivity (Wildman–Crippen MR) is 60.1 cm³/mol. The fraction of sp³-hybridized carbons (Fsp3) is 0.462. The Morgan fingerprint density at radius 3 is 2.75 bits per heavy atom. The molecule has 1 aromatic carbocycles. The second kappa shape index (κ2) is 4.76. The monoisotopic (exact) mass is 220 g/mol. The van der Waals surface area contributed by atoms with Gasteiger partial charge in [-0.2, -0.15) is 0 Å². The molecule has 0 aliphatic heterocycles. The standard InChI is InChI=1S/C13H16O3/c1-15-10-16-9-13(7-12(13)8-14)11-5-3-2-4-6-11/h2-6,8,12H,7,9-10H2,1H3/t12-,13+/m1/s1. The molecule has 86 valence electrons. The molecule has 0 amide bonds. The Labute approximate surface area is 95.4 Å². The third-order valence-electron chi connectivity index (χ3n) is 3.21. The van der Waals surface area contributed by atoms with Crippen molar-refractivity contribution in [2.24, 2.45) is 5.92 Å². The molecule has 16 heavy (non-hydrogen) atoms. The highest BCUT2D eigenvalue weighted by Gasteiger charge is 2.55. The number of rotatable bonds is 6. The Kier molecular flexibility index (Phi) is 3.36. The Balaban J connectivity index is 2.09. The Morgan fingerprint density at radius 1 is 1.44 bits per heavy atom. The van der Waals surface area contributed by atoms with Crippen molar-refractivity contribution in [3.8, 4) is 0 Å². The van der Waals surface area contributed by atoms with Crippen LogP contribution in [0.1, 0.15) is 12.0 Å². The summed E-state index contributed by atoms with van der Waals surface area (Å²) in [5, 5.41) is 0. The van der Waals surface area contributed by atoms with Crippen LogP contribution in [-0.4, -0.2) is 26.8 Å². The van der Waals surface area contributed by atoms with Gasteiger partial charge in [-0.15, -0.1) is 0 Å². The van der Waals surface area contributed by atoms with Crippen LogP contribution in [0, 0.1) is 5.92 Å². The predicted octanol–water partition coefficient (Wildman–Crippen LogP) is 1.76. The van der Waals surface area contributed by atoms with Crippen LogP contribution in [0.2, 0.25) is 0 Å². The van der Waals surface area contributed by atoms with Gasteiger partial charge in [0.2, 0.25) is 0 Å². The van der Waals surface area contributed by atoms with Crippen LogP contribution in [0.3, 0.4) is 0 Å². The molecule has 0 aromatic heterocycles. The van der Waals surface area contributed by atoms with Crippen molar-refractivity contribution in [3.63, 3.8) is 0 Å². The minimum absolute atomic E-state index is 0.0896. The lowest BCUT2D eigenvalue weighted by Gasteiger charge is -2.16. The van der Waals surface area contributed by atoms with E-state index in [1.165, 1.54) is 5.56 Å². The number of hydrogen-bond donors (Lipinski definition) is 0. The van der Waals surface area contributed by atoms with E-state index < -0.39 is 0 Å². The van der Waals surface area contributed by atoms with E-state index in [1.54, 1.807) is 7.11 Å². The van der Waals surface area contributed by atoms with Crippen molar-refractivity contribution in [1.29, 1.82) is 0 Å². The summed E-state index contributed by atoms with van der Waals surface area (Å²) >= 11 is 0. The van der Waals surface area contributed by atoms with Gasteiger partial charge in [0.25, 0.3) is 0 Å². The van der Waals surface area contributed by atoms with Crippen molar-refractivity contribution < 1.29 is 14.3 Å². The van der Waals surface area contributed by atoms with Gasteiger partial charge in [-0.3, -0.25) is 0 Å². The number of aldehydes is 1. The maximum Gasteiger partial charge on any atom is 0.146 e. The molecule has 1 fully saturated rings. The molecule has 2 rings (SSSR count). The van der Waals surface area contributed by atoms with Gasteiger partial charge in [-0.25, -0.2) is 0 Å².